The lowest BCUT2D eigenvalue weighted by atomic mass is 9.71. The SMILES string of the molecule is C=C(C)C(CC)(CC)c1cccc(COc2cc(C)cc(O)c2)c1. The molecule has 0 aromatic heterocycles. The third kappa shape index (κ3) is 3.81. The highest BCUT2D eigenvalue weighted by molar-refractivity contribution is 5.39. The van der Waals surface area contributed by atoms with Gasteiger partial charge < -0.3 is 9.84 Å². The van der Waals surface area contributed by atoms with Gasteiger partial charge >= 0.3 is 0 Å². The van der Waals surface area contributed by atoms with Crippen molar-refractivity contribution in [2.45, 2.75) is 52.6 Å². The molecule has 0 atom stereocenters. The van der Waals surface area contributed by atoms with Crippen molar-refractivity contribution in [3.63, 3.8) is 0 Å². The maximum Gasteiger partial charge on any atom is 0.123 e. The van der Waals surface area contributed by atoms with Gasteiger partial charge in [0.05, 0.1) is 0 Å². The first-order valence-electron chi connectivity index (χ1n) is 8.60. The van der Waals surface area contributed by atoms with Crippen LogP contribution < -0.4 is 4.74 Å². The van der Waals surface area contributed by atoms with Gasteiger partial charge in [0.1, 0.15) is 18.1 Å². The van der Waals surface area contributed by atoms with Gasteiger partial charge in [-0.25, -0.2) is 0 Å². The number of rotatable bonds is 7. The van der Waals surface area contributed by atoms with E-state index >= 15 is 0 Å². The first kappa shape index (κ1) is 18.1. The molecule has 2 aromatic carbocycles. The largest absolute Gasteiger partial charge is 0.508 e. The van der Waals surface area contributed by atoms with Crippen LogP contribution in [0.5, 0.6) is 11.5 Å². The summed E-state index contributed by atoms with van der Waals surface area (Å²) in [5.74, 6) is 0.923. The molecule has 0 heterocycles. The van der Waals surface area contributed by atoms with Gasteiger partial charge in [-0.2, -0.15) is 0 Å². The van der Waals surface area contributed by atoms with Crippen LogP contribution in [0.1, 0.15) is 50.3 Å². The van der Waals surface area contributed by atoms with E-state index in [2.05, 4.69) is 51.6 Å². The fourth-order valence-corrected chi connectivity index (χ4v) is 3.45. The number of aryl methyl sites for hydroxylation is 1. The lowest BCUT2D eigenvalue weighted by Crippen LogP contribution is -2.25. The summed E-state index contributed by atoms with van der Waals surface area (Å²) < 4.78 is 5.87. The van der Waals surface area contributed by atoms with E-state index < -0.39 is 0 Å². The molecule has 2 heteroatoms. The van der Waals surface area contributed by atoms with Gasteiger partial charge in [-0.1, -0.05) is 50.3 Å². The zero-order chi connectivity index (χ0) is 17.7. The number of allylic oxidation sites excluding steroid dienone is 1. The van der Waals surface area contributed by atoms with Crippen LogP contribution in [-0.2, 0) is 12.0 Å². The Kier molecular flexibility index (Phi) is 5.71. The average molecular weight is 324 g/mol. The second kappa shape index (κ2) is 7.57. The molecule has 0 aliphatic heterocycles. The third-order valence-corrected chi connectivity index (χ3v) is 4.94. The van der Waals surface area contributed by atoms with Crippen LogP contribution in [0.4, 0.5) is 0 Å². The molecule has 0 aliphatic rings. The number of aromatic hydroxyl groups is 1. The molecule has 1 N–H and O–H groups in total. The van der Waals surface area contributed by atoms with E-state index in [4.69, 9.17) is 4.74 Å². The van der Waals surface area contributed by atoms with Crippen LogP contribution in [0.3, 0.4) is 0 Å². The summed E-state index contributed by atoms with van der Waals surface area (Å²) in [5, 5.41) is 9.68. The summed E-state index contributed by atoms with van der Waals surface area (Å²) in [4.78, 5) is 0. The second-order valence-corrected chi connectivity index (χ2v) is 6.56. The van der Waals surface area contributed by atoms with Crippen molar-refractivity contribution < 1.29 is 9.84 Å². The number of hydrogen-bond donors (Lipinski definition) is 1. The lowest BCUT2D eigenvalue weighted by molar-refractivity contribution is 0.303. The molecule has 2 nitrogen and oxygen atoms in total. The van der Waals surface area contributed by atoms with Crippen LogP contribution in [0.25, 0.3) is 0 Å². The van der Waals surface area contributed by atoms with Crippen LogP contribution in [0, 0.1) is 6.92 Å². The minimum Gasteiger partial charge on any atom is -0.508 e. The van der Waals surface area contributed by atoms with Crippen molar-refractivity contribution in [1.29, 1.82) is 0 Å². The van der Waals surface area contributed by atoms with Crippen molar-refractivity contribution in [2.75, 3.05) is 0 Å². The molecule has 0 fully saturated rings. The second-order valence-electron chi connectivity index (χ2n) is 6.56. The Hall–Kier alpha value is -2.22. The molecule has 128 valence electrons. The van der Waals surface area contributed by atoms with Gasteiger partial charge in [0.25, 0.3) is 0 Å². The zero-order valence-electron chi connectivity index (χ0n) is 15.2. The summed E-state index contributed by atoms with van der Waals surface area (Å²) in [5.41, 5.74) is 4.64. The quantitative estimate of drug-likeness (QED) is 0.641. The molecule has 0 aliphatic carbocycles. The molecule has 0 spiro atoms. The van der Waals surface area contributed by atoms with Crippen molar-refractivity contribution >= 4 is 0 Å². The van der Waals surface area contributed by atoms with E-state index in [1.165, 1.54) is 11.1 Å². The molecule has 2 aromatic rings. The van der Waals surface area contributed by atoms with Gasteiger partial charge in [-0.3, -0.25) is 0 Å². The van der Waals surface area contributed by atoms with Gasteiger partial charge in [0.15, 0.2) is 0 Å². The number of phenols is 1. The summed E-state index contributed by atoms with van der Waals surface area (Å²) in [7, 11) is 0. The number of phenolic OH excluding ortho intramolecular Hbond substituents is 1. The molecule has 0 bridgehead atoms. The average Bonchev–Trinajstić information content (AvgIpc) is 2.54. The normalized spacial score (nSPS) is 11.3. The number of ether oxygens (including phenoxy) is 1. The van der Waals surface area contributed by atoms with E-state index in [0.29, 0.717) is 12.4 Å². The molecule has 0 radical (unpaired) electrons. The standard InChI is InChI=1S/C22H28O2/c1-6-22(7-2,16(3)4)19-10-8-9-18(13-19)15-24-21-12-17(5)11-20(23)14-21/h8-14,23H,3,6-7,15H2,1-2,4-5H3. The van der Waals surface area contributed by atoms with Crippen molar-refractivity contribution in [2.24, 2.45) is 0 Å². The minimum absolute atomic E-state index is 0.0254. The van der Waals surface area contributed by atoms with Gasteiger partial charge in [-0.15, -0.1) is 0 Å². The molecular weight excluding hydrogens is 296 g/mol. The lowest BCUT2D eigenvalue weighted by Gasteiger charge is -2.33. The third-order valence-electron chi connectivity index (χ3n) is 4.94. The zero-order valence-corrected chi connectivity index (χ0v) is 15.2. The Morgan fingerprint density at radius 3 is 2.42 bits per heavy atom. The number of benzene rings is 2. The minimum atomic E-state index is 0.0254. The monoisotopic (exact) mass is 324 g/mol. The Balaban J connectivity index is 2.22. The topological polar surface area (TPSA) is 29.5 Å². The molecule has 0 saturated heterocycles. The first-order valence-corrected chi connectivity index (χ1v) is 8.60. The van der Waals surface area contributed by atoms with E-state index in [1.807, 2.05) is 13.0 Å². The van der Waals surface area contributed by atoms with Gasteiger partial charge in [-0.05, 0) is 55.5 Å². The smallest absolute Gasteiger partial charge is 0.123 e. The highest BCUT2D eigenvalue weighted by atomic mass is 16.5. The van der Waals surface area contributed by atoms with Crippen LogP contribution in [-0.4, -0.2) is 5.11 Å². The maximum atomic E-state index is 9.68. The highest BCUT2D eigenvalue weighted by Crippen LogP contribution is 2.38. The molecule has 2 rings (SSSR count). The van der Waals surface area contributed by atoms with E-state index in [9.17, 15) is 5.11 Å². The maximum absolute atomic E-state index is 9.68. The van der Waals surface area contributed by atoms with Crippen molar-refractivity contribution in [1.82, 2.24) is 0 Å². The number of hydrogen-bond acceptors (Lipinski definition) is 2. The van der Waals surface area contributed by atoms with Crippen molar-refractivity contribution in [3.05, 3.63) is 71.3 Å². The Morgan fingerprint density at radius 2 is 1.83 bits per heavy atom. The Morgan fingerprint density at radius 1 is 1.12 bits per heavy atom. The van der Waals surface area contributed by atoms with Crippen LogP contribution in [0.15, 0.2) is 54.6 Å². The van der Waals surface area contributed by atoms with Crippen LogP contribution >= 0.6 is 0 Å². The van der Waals surface area contributed by atoms with E-state index in [-0.39, 0.29) is 11.2 Å². The molecular formula is C22H28O2. The Labute approximate surface area is 145 Å². The van der Waals surface area contributed by atoms with Gasteiger partial charge in [0, 0.05) is 11.5 Å². The molecule has 24 heavy (non-hydrogen) atoms. The summed E-state index contributed by atoms with van der Waals surface area (Å²) >= 11 is 0. The fraction of sp³-hybridized carbons (Fsp3) is 0.364. The fourth-order valence-electron chi connectivity index (χ4n) is 3.45. The predicted molar refractivity (Wildman–Crippen MR) is 101 cm³/mol. The summed E-state index contributed by atoms with van der Waals surface area (Å²) in [6.45, 7) is 13.2. The summed E-state index contributed by atoms with van der Waals surface area (Å²) in [6, 6.07) is 13.9. The van der Waals surface area contributed by atoms with E-state index in [1.54, 1.807) is 12.1 Å². The Bertz CT molecular complexity index is 691. The van der Waals surface area contributed by atoms with Crippen molar-refractivity contribution in [3.8, 4) is 11.5 Å². The highest BCUT2D eigenvalue weighted by Gasteiger charge is 2.29. The predicted octanol–water partition coefficient (Wildman–Crippen LogP) is 5.91. The molecule has 0 amide bonds. The summed E-state index contributed by atoms with van der Waals surface area (Å²) in [6.07, 6.45) is 2.07. The first-order chi connectivity index (χ1) is 11.4. The van der Waals surface area contributed by atoms with E-state index in [0.717, 1.165) is 24.0 Å². The van der Waals surface area contributed by atoms with Crippen LogP contribution in [0.2, 0.25) is 0 Å². The van der Waals surface area contributed by atoms with Gasteiger partial charge in [0.2, 0.25) is 0 Å². The molecule has 0 saturated carbocycles. The molecule has 0 unspecified atom stereocenters.